The van der Waals surface area contributed by atoms with E-state index in [0.29, 0.717) is 36.8 Å². The average molecular weight is 758 g/mol. The first-order chi connectivity index (χ1) is 25.4. The van der Waals surface area contributed by atoms with E-state index in [9.17, 15) is 35.1 Å². The van der Waals surface area contributed by atoms with Crippen LogP contribution in [0.25, 0.3) is 0 Å². The summed E-state index contributed by atoms with van der Waals surface area (Å²) in [6.45, 7) is 10.8. The Kier molecular flexibility index (Phi) is 9.05. The number of ether oxygens (including phenoxy) is 5. The summed E-state index contributed by atoms with van der Waals surface area (Å²) in [5, 5.41) is 63.4. The molecule has 300 valence electrons. The van der Waals surface area contributed by atoms with E-state index in [-0.39, 0.29) is 30.9 Å². The molecule has 17 atom stereocenters. The highest BCUT2D eigenvalue weighted by Crippen LogP contribution is 2.77. The van der Waals surface area contributed by atoms with Crippen molar-refractivity contribution in [2.24, 2.45) is 46.8 Å². The summed E-state index contributed by atoms with van der Waals surface area (Å²) in [5.74, 6) is -6.21. The predicted molar refractivity (Wildman–Crippen MR) is 192 cm³/mol. The number of piperidine rings is 2. The van der Waals surface area contributed by atoms with E-state index in [2.05, 4.69) is 11.8 Å². The lowest BCUT2D eigenvalue weighted by Gasteiger charge is -2.64. The highest BCUT2D eigenvalue weighted by Gasteiger charge is 2.87. The molecule has 4 bridgehead atoms. The van der Waals surface area contributed by atoms with Gasteiger partial charge in [-0.15, -0.1) is 0 Å². The van der Waals surface area contributed by atoms with Crippen LogP contribution < -0.4 is 9.47 Å². The lowest BCUT2D eigenvalue weighted by Crippen LogP contribution is -2.77. The van der Waals surface area contributed by atoms with Crippen LogP contribution in [-0.2, 0) is 19.0 Å². The van der Waals surface area contributed by atoms with Crippen molar-refractivity contribution in [3.8, 4) is 11.5 Å². The highest BCUT2D eigenvalue weighted by molar-refractivity contribution is 5.90. The van der Waals surface area contributed by atoms with Crippen LogP contribution >= 0.6 is 0 Å². The Bertz CT molecular complexity index is 1670. The summed E-state index contributed by atoms with van der Waals surface area (Å²) < 4.78 is 30.0. The van der Waals surface area contributed by atoms with E-state index in [1.54, 1.807) is 26.0 Å². The molecule has 0 radical (unpaired) electrons. The van der Waals surface area contributed by atoms with Gasteiger partial charge in [-0.05, 0) is 87.8 Å². The van der Waals surface area contributed by atoms with Crippen LogP contribution in [0.4, 0.5) is 0 Å². The minimum Gasteiger partial charge on any atom is -0.493 e. The number of hydrogen-bond donors (Lipinski definition) is 5. The number of aliphatic hydroxyl groups excluding tert-OH is 2. The van der Waals surface area contributed by atoms with Crippen LogP contribution in [0.3, 0.4) is 0 Å². The predicted octanol–water partition coefficient (Wildman–Crippen LogP) is 2.66. The Labute approximate surface area is 317 Å². The summed E-state index contributed by atoms with van der Waals surface area (Å²) in [6.07, 6.45) is -2.12. The molecule has 1 aromatic rings. The van der Waals surface area contributed by atoms with Gasteiger partial charge in [0, 0.05) is 42.3 Å². The number of carbonyl (C=O) groups excluding carboxylic acids is 2. The molecular formula is C41H59NO12. The molecule has 8 rings (SSSR count). The van der Waals surface area contributed by atoms with E-state index < -0.39 is 99.9 Å². The fourth-order valence-electron chi connectivity index (χ4n) is 13.2. The fraction of sp³-hybridized carbons (Fsp3) is 0.805. The maximum Gasteiger partial charge on any atom is 0.338 e. The average Bonchev–Trinajstić information content (AvgIpc) is 3.41. The molecule has 5 N–H and O–H groups in total. The first-order valence-electron chi connectivity index (χ1n) is 20.0. The zero-order chi connectivity index (χ0) is 38.9. The van der Waals surface area contributed by atoms with Gasteiger partial charge in [0.05, 0.1) is 49.1 Å². The molecule has 54 heavy (non-hydrogen) atoms. The van der Waals surface area contributed by atoms with Crippen molar-refractivity contribution < 1.29 is 58.8 Å². The van der Waals surface area contributed by atoms with Gasteiger partial charge in [-0.25, -0.2) is 4.79 Å². The summed E-state index contributed by atoms with van der Waals surface area (Å²) in [7, 11) is 2.96. The molecule has 0 amide bonds. The molecule has 1 spiro atoms. The molecule has 7 aliphatic rings. The number of benzene rings is 1. The summed E-state index contributed by atoms with van der Waals surface area (Å²) in [6, 6.07) is 4.44. The van der Waals surface area contributed by atoms with Gasteiger partial charge in [-0.3, -0.25) is 9.69 Å². The molecule has 3 aliphatic heterocycles. The zero-order valence-electron chi connectivity index (χ0n) is 32.6. The first-order valence-corrected chi connectivity index (χ1v) is 20.0. The third-order valence-electron chi connectivity index (χ3n) is 15.9. The second kappa shape index (κ2) is 12.7. The normalized spacial score (nSPS) is 49.4. The lowest BCUT2D eigenvalue weighted by molar-refractivity contribution is -0.298. The maximum atomic E-state index is 13.7. The van der Waals surface area contributed by atoms with Gasteiger partial charge in [0.2, 0.25) is 5.79 Å². The SMILES string of the molecule is CCC(C)C(=O)OC1C(O)C2C(CN3CC(C)CCC3C2(C)O)C2CC34OC5(O)C(OC(=O)c6ccc(OC)c(OC)c6)CCC3(C)C5CC(O)C4C21O. The third-order valence-corrected chi connectivity index (χ3v) is 15.9. The van der Waals surface area contributed by atoms with Crippen LogP contribution in [0.2, 0.25) is 0 Å². The van der Waals surface area contributed by atoms with E-state index in [0.717, 1.165) is 19.4 Å². The van der Waals surface area contributed by atoms with Gasteiger partial charge in [0.15, 0.2) is 23.7 Å². The Balaban J connectivity index is 1.20. The molecule has 3 heterocycles. The monoisotopic (exact) mass is 757 g/mol. The number of esters is 2. The molecule has 17 unspecified atom stereocenters. The summed E-state index contributed by atoms with van der Waals surface area (Å²) in [4.78, 5) is 29.6. The second-order valence-corrected chi connectivity index (χ2v) is 18.4. The Morgan fingerprint density at radius 2 is 1.74 bits per heavy atom. The maximum absolute atomic E-state index is 13.7. The van der Waals surface area contributed by atoms with Gasteiger partial charge in [0.25, 0.3) is 0 Å². The fourth-order valence-corrected chi connectivity index (χ4v) is 13.2. The molecular weight excluding hydrogens is 698 g/mol. The van der Waals surface area contributed by atoms with Gasteiger partial charge in [-0.2, -0.15) is 0 Å². The van der Waals surface area contributed by atoms with E-state index in [1.807, 2.05) is 13.8 Å². The van der Waals surface area contributed by atoms with Crippen LogP contribution in [0.1, 0.15) is 89.9 Å². The second-order valence-electron chi connectivity index (χ2n) is 18.4. The largest absolute Gasteiger partial charge is 0.493 e. The van der Waals surface area contributed by atoms with Crippen molar-refractivity contribution in [2.75, 3.05) is 27.3 Å². The van der Waals surface area contributed by atoms with E-state index in [1.165, 1.54) is 20.3 Å². The van der Waals surface area contributed by atoms with Crippen molar-refractivity contribution in [2.45, 2.75) is 133 Å². The molecule has 4 aliphatic carbocycles. The molecule has 3 saturated heterocycles. The number of nitrogens with zero attached hydrogens (tertiary/aromatic N) is 1. The van der Waals surface area contributed by atoms with Crippen LogP contribution in [0.15, 0.2) is 18.2 Å². The number of aliphatic hydroxyl groups is 5. The van der Waals surface area contributed by atoms with E-state index >= 15 is 0 Å². The van der Waals surface area contributed by atoms with Crippen LogP contribution in [-0.4, -0.2) is 123 Å². The number of fused-ring (bicyclic) bond motifs is 5. The highest BCUT2D eigenvalue weighted by atomic mass is 16.7. The van der Waals surface area contributed by atoms with Gasteiger partial charge in [0.1, 0.15) is 5.60 Å². The van der Waals surface area contributed by atoms with Crippen LogP contribution in [0.5, 0.6) is 11.5 Å². The zero-order valence-corrected chi connectivity index (χ0v) is 32.6. The Morgan fingerprint density at radius 3 is 2.43 bits per heavy atom. The van der Waals surface area contributed by atoms with Crippen molar-refractivity contribution in [1.29, 1.82) is 0 Å². The number of hydrogen-bond acceptors (Lipinski definition) is 13. The number of carbonyl (C=O) groups is 2. The van der Waals surface area contributed by atoms with Crippen molar-refractivity contribution in [3.05, 3.63) is 23.8 Å². The molecule has 13 heteroatoms. The minimum absolute atomic E-state index is 0.0263. The summed E-state index contributed by atoms with van der Waals surface area (Å²) >= 11 is 0. The quantitative estimate of drug-likeness (QED) is 0.256. The minimum atomic E-state index is -2.01. The Hall–Kier alpha value is -2.52. The van der Waals surface area contributed by atoms with E-state index in [4.69, 9.17) is 23.7 Å². The number of methoxy groups -OCH3 is 2. The Morgan fingerprint density at radius 1 is 1.02 bits per heavy atom. The van der Waals surface area contributed by atoms with Crippen molar-refractivity contribution in [1.82, 2.24) is 4.90 Å². The topological polar surface area (TPSA) is 185 Å². The summed E-state index contributed by atoms with van der Waals surface area (Å²) in [5.41, 5.74) is -5.29. The first kappa shape index (κ1) is 38.4. The lowest BCUT2D eigenvalue weighted by atomic mass is 9.49. The smallest absolute Gasteiger partial charge is 0.338 e. The molecule has 1 aromatic carbocycles. The molecule has 13 nitrogen and oxygen atoms in total. The molecule has 0 aromatic heterocycles. The standard InChI is InChI=1S/C41H59NO12/c1-8-21(3)35(45)53-34-32(44)31-23(19-42-18-20(2)9-12-29(42)38(31,5)47)24-17-39-33(40(24,34)48)25(43)16-28-37(39,4)14-13-30(41(28,49)54-39)52-36(46)22-10-11-26(50-6)27(15-22)51-7/h10-11,15,20-21,23-25,28-34,43-44,47-49H,8-9,12-14,16-19H2,1-7H3. The van der Waals surface area contributed by atoms with Gasteiger partial charge in [-0.1, -0.05) is 27.7 Å². The van der Waals surface area contributed by atoms with Gasteiger partial charge >= 0.3 is 11.9 Å². The van der Waals surface area contributed by atoms with Gasteiger partial charge < -0.3 is 49.2 Å². The van der Waals surface area contributed by atoms with Crippen molar-refractivity contribution >= 4 is 11.9 Å². The van der Waals surface area contributed by atoms with Crippen LogP contribution in [0, 0.1) is 46.8 Å². The third kappa shape index (κ3) is 4.94. The molecule has 7 fully saturated rings. The number of rotatable bonds is 7. The van der Waals surface area contributed by atoms with Crippen molar-refractivity contribution in [3.63, 3.8) is 0 Å². The molecule has 4 saturated carbocycles.